The third kappa shape index (κ3) is 7.20. The van der Waals surface area contributed by atoms with Crippen molar-refractivity contribution in [2.45, 2.75) is 66.8 Å². The molecule has 3 aromatic heterocycles. The zero-order chi connectivity index (χ0) is 31.3. The standard InChI is InChI=1S/C34H37N5O5/c1-7-41-33(40)34(5,6)44-30-22(2)16-25(17-23(30)3)19-39(21-29-37-38-32(43-29)27-14-11-15-35-18-27)20-28-24(4)42-31(36-28)26-12-9-8-10-13-26/h8-18H,7,19-21H2,1-6H3. The second kappa shape index (κ2) is 13.2. The molecule has 0 amide bonds. The van der Waals surface area contributed by atoms with Gasteiger partial charge in [0.15, 0.2) is 5.60 Å². The van der Waals surface area contributed by atoms with Gasteiger partial charge in [0.05, 0.1) is 24.4 Å². The molecule has 0 atom stereocenters. The number of hydrogen-bond acceptors (Lipinski definition) is 10. The van der Waals surface area contributed by atoms with Crippen LogP contribution in [-0.2, 0) is 29.2 Å². The van der Waals surface area contributed by atoms with E-state index in [1.165, 1.54) is 0 Å². The molecular formula is C34H37N5O5. The Balaban J connectivity index is 1.41. The number of rotatable bonds is 12. The molecule has 10 heteroatoms. The average molecular weight is 596 g/mol. The van der Waals surface area contributed by atoms with Gasteiger partial charge in [0.2, 0.25) is 17.7 Å². The van der Waals surface area contributed by atoms with Crippen LogP contribution in [0.5, 0.6) is 5.75 Å². The van der Waals surface area contributed by atoms with E-state index in [2.05, 4.69) is 32.2 Å². The van der Waals surface area contributed by atoms with Crippen LogP contribution in [0.25, 0.3) is 22.9 Å². The van der Waals surface area contributed by atoms with Crippen LogP contribution in [0, 0.1) is 20.8 Å². The molecule has 44 heavy (non-hydrogen) atoms. The zero-order valence-electron chi connectivity index (χ0n) is 26.0. The van der Waals surface area contributed by atoms with Gasteiger partial charge < -0.3 is 18.3 Å². The Hall–Kier alpha value is -4.83. The molecule has 0 radical (unpaired) electrons. The van der Waals surface area contributed by atoms with Crippen LogP contribution < -0.4 is 4.74 Å². The summed E-state index contributed by atoms with van der Waals surface area (Å²) in [5, 5.41) is 8.56. The molecule has 0 saturated carbocycles. The van der Waals surface area contributed by atoms with E-state index in [0.29, 0.717) is 49.7 Å². The van der Waals surface area contributed by atoms with Crippen LogP contribution >= 0.6 is 0 Å². The van der Waals surface area contributed by atoms with E-state index < -0.39 is 11.6 Å². The summed E-state index contributed by atoms with van der Waals surface area (Å²) in [5.74, 6) is 2.46. The predicted octanol–water partition coefficient (Wildman–Crippen LogP) is 6.63. The third-order valence-corrected chi connectivity index (χ3v) is 7.07. The number of nitrogens with zero attached hydrogens (tertiary/aromatic N) is 5. The van der Waals surface area contributed by atoms with Gasteiger partial charge >= 0.3 is 5.97 Å². The monoisotopic (exact) mass is 595 g/mol. The minimum absolute atomic E-state index is 0.292. The first kappa shape index (κ1) is 30.6. The van der Waals surface area contributed by atoms with Crippen molar-refractivity contribution in [3.63, 3.8) is 0 Å². The Morgan fingerprint density at radius 1 is 0.886 bits per heavy atom. The summed E-state index contributed by atoms with van der Waals surface area (Å²) in [6.45, 7) is 12.8. The molecule has 5 rings (SSSR count). The molecule has 0 aliphatic carbocycles. The van der Waals surface area contributed by atoms with Crippen LogP contribution in [0.3, 0.4) is 0 Å². The van der Waals surface area contributed by atoms with E-state index in [9.17, 15) is 4.79 Å². The third-order valence-electron chi connectivity index (χ3n) is 7.07. The van der Waals surface area contributed by atoms with Gasteiger partial charge in [-0.2, -0.15) is 0 Å². The number of carbonyl (C=O) groups is 1. The summed E-state index contributed by atoms with van der Waals surface area (Å²) in [6.07, 6.45) is 3.39. The van der Waals surface area contributed by atoms with Crippen molar-refractivity contribution >= 4 is 5.97 Å². The fourth-order valence-corrected chi connectivity index (χ4v) is 4.93. The summed E-state index contributed by atoms with van der Waals surface area (Å²) in [7, 11) is 0. The van der Waals surface area contributed by atoms with Gasteiger partial charge in [-0.1, -0.05) is 30.3 Å². The number of aromatic nitrogens is 4. The lowest BCUT2D eigenvalue weighted by Crippen LogP contribution is -2.40. The van der Waals surface area contributed by atoms with Crippen LogP contribution in [0.4, 0.5) is 0 Å². The number of oxazole rings is 1. The van der Waals surface area contributed by atoms with Gasteiger partial charge in [-0.05, 0) is 82.5 Å². The molecule has 228 valence electrons. The highest BCUT2D eigenvalue weighted by molar-refractivity contribution is 5.79. The maximum Gasteiger partial charge on any atom is 0.349 e. The van der Waals surface area contributed by atoms with Crippen molar-refractivity contribution in [2.75, 3.05) is 6.61 Å². The fraction of sp³-hybridized carbons (Fsp3) is 0.324. The number of esters is 1. The van der Waals surface area contributed by atoms with Gasteiger partial charge in [0, 0.05) is 31.0 Å². The molecule has 0 saturated heterocycles. The molecule has 0 fully saturated rings. The normalized spacial score (nSPS) is 11.6. The highest BCUT2D eigenvalue weighted by Crippen LogP contribution is 2.31. The second-order valence-corrected chi connectivity index (χ2v) is 11.2. The highest BCUT2D eigenvalue weighted by Gasteiger charge is 2.32. The predicted molar refractivity (Wildman–Crippen MR) is 164 cm³/mol. The van der Waals surface area contributed by atoms with Crippen molar-refractivity contribution in [3.8, 4) is 28.7 Å². The van der Waals surface area contributed by atoms with Crippen molar-refractivity contribution in [3.05, 3.63) is 101 Å². The first-order valence-corrected chi connectivity index (χ1v) is 14.6. The average Bonchev–Trinajstić information content (AvgIpc) is 3.62. The minimum atomic E-state index is -1.12. The Morgan fingerprint density at radius 3 is 2.30 bits per heavy atom. The van der Waals surface area contributed by atoms with Crippen LogP contribution in [-0.4, -0.2) is 43.2 Å². The molecule has 10 nitrogen and oxygen atoms in total. The van der Waals surface area contributed by atoms with Gasteiger partial charge in [0.25, 0.3) is 0 Å². The maximum absolute atomic E-state index is 12.5. The molecule has 0 unspecified atom stereocenters. The van der Waals surface area contributed by atoms with Gasteiger partial charge in [-0.25, -0.2) is 9.78 Å². The van der Waals surface area contributed by atoms with E-state index in [1.54, 1.807) is 33.2 Å². The maximum atomic E-state index is 12.5. The first-order valence-electron chi connectivity index (χ1n) is 14.6. The summed E-state index contributed by atoms with van der Waals surface area (Å²) >= 11 is 0. The van der Waals surface area contributed by atoms with Crippen molar-refractivity contribution in [1.29, 1.82) is 0 Å². The lowest BCUT2D eigenvalue weighted by molar-refractivity contribution is -0.158. The molecule has 2 aromatic carbocycles. The molecule has 5 aromatic rings. The van der Waals surface area contributed by atoms with E-state index in [4.69, 9.17) is 23.3 Å². The topological polar surface area (TPSA) is 117 Å². The molecule has 0 N–H and O–H groups in total. The molecule has 0 bridgehead atoms. The largest absolute Gasteiger partial charge is 0.476 e. The smallest absolute Gasteiger partial charge is 0.349 e. The van der Waals surface area contributed by atoms with Crippen LogP contribution in [0.2, 0.25) is 0 Å². The molecule has 0 aliphatic heterocycles. The summed E-state index contributed by atoms with van der Waals surface area (Å²) < 4.78 is 23.5. The summed E-state index contributed by atoms with van der Waals surface area (Å²) in [6, 6.07) is 17.7. The molecular weight excluding hydrogens is 558 g/mol. The van der Waals surface area contributed by atoms with E-state index in [1.807, 2.05) is 63.2 Å². The van der Waals surface area contributed by atoms with Crippen molar-refractivity contribution < 1.29 is 23.1 Å². The second-order valence-electron chi connectivity index (χ2n) is 11.2. The van der Waals surface area contributed by atoms with Crippen molar-refractivity contribution in [2.24, 2.45) is 0 Å². The first-order chi connectivity index (χ1) is 21.1. The lowest BCUT2D eigenvalue weighted by atomic mass is 10.0. The number of ether oxygens (including phenoxy) is 2. The zero-order valence-corrected chi connectivity index (χ0v) is 26.0. The minimum Gasteiger partial charge on any atom is -0.476 e. The van der Waals surface area contributed by atoms with E-state index in [-0.39, 0.29) is 0 Å². The Labute approximate surface area is 257 Å². The Bertz CT molecular complexity index is 1690. The number of hydrogen-bond donors (Lipinski definition) is 0. The lowest BCUT2D eigenvalue weighted by Gasteiger charge is -2.27. The number of aryl methyl sites for hydroxylation is 3. The fourth-order valence-electron chi connectivity index (χ4n) is 4.93. The number of benzene rings is 2. The highest BCUT2D eigenvalue weighted by atomic mass is 16.6. The van der Waals surface area contributed by atoms with Crippen molar-refractivity contribution in [1.82, 2.24) is 25.1 Å². The molecule has 0 aliphatic rings. The molecule has 0 spiro atoms. The number of pyridine rings is 1. The van der Waals surface area contributed by atoms with E-state index in [0.717, 1.165) is 39.3 Å². The molecule has 3 heterocycles. The van der Waals surface area contributed by atoms with Crippen LogP contribution in [0.1, 0.15) is 54.8 Å². The quantitative estimate of drug-likeness (QED) is 0.145. The van der Waals surface area contributed by atoms with Crippen LogP contribution in [0.15, 0.2) is 75.8 Å². The van der Waals surface area contributed by atoms with Gasteiger partial charge in [0.1, 0.15) is 11.5 Å². The summed E-state index contributed by atoms with van der Waals surface area (Å²) in [4.78, 5) is 23.6. The number of carbonyl (C=O) groups excluding carboxylic acids is 1. The van der Waals surface area contributed by atoms with Gasteiger partial charge in [-0.15, -0.1) is 10.2 Å². The summed E-state index contributed by atoms with van der Waals surface area (Å²) in [5.41, 5.74) is 4.25. The SMILES string of the molecule is CCOC(=O)C(C)(C)Oc1c(C)cc(CN(Cc2nnc(-c3cccnc3)o2)Cc2nc(-c3ccccc3)oc2C)cc1C. The Kier molecular flexibility index (Phi) is 9.20. The van der Waals surface area contributed by atoms with Gasteiger partial charge in [-0.3, -0.25) is 9.88 Å². The van der Waals surface area contributed by atoms with E-state index >= 15 is 0 Å². The Morgan fingerprint density at radius 2 is 1.61 bits per heavy atom.